The molecule has 0 heterocycles. The van der Waals surface area contributed by atoms with Crippen LogP contribution in [-0.4, -0.2) is 6.61 Å². The zero-order valence-corrected chi connectivity index (χ0v) is 15.6. The van der Waals surface area contributed by atoms with Crippen LogP contribution in [0.3, 0.4) is 0 Å². The predicted molar refractivity (Wildman–Crippen MR) is 103 cm³/mol. The van der Waals surface area contributed by atoms with E-state index in [4.69, 9.17) is 4.74 Å². The van der Waals surface area contributed by atoms with E-state index >= 15 is 0 Å². The molecule has 0 saturated heterocycles. The van der Waals surface area contributed by atoms with Crippen molar-refractivity contribution in [1.29, 1.82) is 0 Å². The Balaban J connectivity index is 1.44. The van der Waals surface area contributed by atoms with Crippen LogP contribution in [0.1, 0.15) is 76.2 Å². The van der Waals surface area contributed by atoms with Gasteiger partial charge in [0.1, 0.15) is 5.75 Å². The standard InChI is InChI=1S/C23H33FO/c1-2-25-23-15-13-22(14-16-23)21-11-9-20(10-12-21)19-7-5-18(6-8-19)4-3-17-24/h3,13-21H,2,4-12H2,1H3/b17-3+/t18-,19-,20?,21?. The number of hydrogen-bond donors (Lipinski definition) is 0. The van der Waals surface area contributed by atoms with E-state index in [2.05, 4.69) is 24.3 Å². The summed E-state index contributed by atoms with van der Waals surface area (Å²) in [6.45, 7) is 2.76. The first-order chi connectivity index (χ1) is 12.3. The lowest BCUT2D eigenvalue weighted by Gasteiger charge is -2.38. The zero-order chi connectivity index (χ0) is 17.5. The van der Waals surface area contributed by atoms with E-state index in [0.29, 0.717) is 6.33 Å². The number of allylic oxidation sites excluding steroid dienone is 1. The molecule has 2 saturated carbocycles. The summed E-state index contributed by atoms with van der Waals surface area (Å²) in [7, 11) is 0. The molecular weight excluding hydrogens is 311 g/mol. The number of benzene rings is 1. The lowest BCUT2D eigenvalue weighted by Crippen LogP contribution is -2.25. The van der Waals surface area contributed by atoms with Gasteiger partial charge in [0, 0.05) is 0 Å². The fraction of sp³-hybridized carbons (Fsp3) is 0.652. The van der Waals surface area contributed by atoms with Crippen molar-refractivity contribution >= 4 is 0 Å². The summed E-state index contributed by atoms with van der Waals surface area (Å²) in [4.78, 5) is 0. The molecule has 1 aromatic carbocycles. The van der Waals surface area contributed by atoms with Crippen LogP contribution in [0.4, 0.5) is 4.39 Å². The lowest BCUT2D eigenvalue weighted by atomic mass is 9.68. The van der Waals surface area contributed by atoms with E-state index in [1.165, 1.54) is 56.9 Å². The highest BCUT2D eigenvalue weighted by atomic mass is 19.1. The van der Waals surface area contributed by atoms with Crippen LogP contribution in [0, 0.1) is 17.8 Å². The molecule has 3 rings (SSSR count). The quantitative estimate of drug-likeness (QED) is 0.538. The average molecular weight is 345 g/mol. The van der Waals surface area contributed by atoms with Crippen LogP contribution in [0.25, 0.3) is 0 Å². The number of ether oxygens (including phenoxy) is 1. The summed E-state index contributed by atoms with van der Waals surface area (Å²) < 4.78 is 17.7. The maximum Gasteiger partial charge on any atom is 0.119 e. The van der Waals surface area contributed by atoms with Crippen molar-refractivity contribution in [2.45, 2.75) is 70.6 Å². The third-order valence-corrected chi connectivity index (χ3v) is 6.55. The van der Waals surface area contributed by atoms with E-state index in [1.807, 2.05) is 6.92 Å². The van der Waals surface area contributed by atoms with E-state index in [-0.39, 0.29) is 0 Å². The van der Waals surface area contributed by atoms with Crippen LogP contribution >= 0.6 is 0 Å². The molecule has 0 N–H and O–H groups in total. The Labute approximate surface area is 152 Å². The average Bonchev–Trinajstić information content (AvgIpc) is 2.68. The number of hydrogen-bond acceptors (Lipinski definition) is 1. The molecule has 2 heteroatoms. The van der Waals surface area contributed by atoms with Crippen molar-refractivity contribution in [2.75, 3.05) is 6.61 Å². The minimum Gasteiger partial charge on any atom is -0.494 e. The Morgan fingerprint density at radius 3 is 2.08 bits per heavy atom. The SMILES string of the molecule is CCOc1ccc(C2CCC([C@H]3CC[C@H](C/C=C/F)CC3)CC2)cc1. The summed E-state index contributed by atoms with van der Waals surface area (Å²) in [6.07, 6.45) is 14.1. The van der Waals surface area contributed by atoms with Crippen molar-refractivity contribution in [3.8, 4) is 5.75 Å². The third-order valence-electron chi connectivity index (χ3n) is 6.55. The van der Waals surface area contributed by atoms with Gasteiger partial charge in [0.15, 0.2) is 0 Å². The van der Waals surface area contributed by atoms with Gasteiger partial charge in [-0.1, -0.05) is 18.2 Å². The highest BCUT2D eigenvalue weighted by Gasteiger charge is 2.31. The molecule has 25 heavy (non-hydrogen) atoms. The zero-order valence-electron chi connectivity index (χ0n) is 15.6. The normalized spacial score (nSPS) is 30.5. The van der Waals surface area contributed by atoms with E-state index < -0.39 is 0 Å². The summed E-state index contributed by atoms with van der Waals surface area (Å²) in [5.74, 6) is 4.30. The molecule has 2 aliphatic carbocycles. The van der Waals surface area contributed by atoms with Crippen molar-refractivity contribution in [1.82, 2.24) is 0 Å². The molecular formula is C23H33FO. The smallest absolute Gasteiger partial charge is 0.119 e. The Kier molecular flexibility index (Phi) is 6.95. The molecule has 0 spiro atoms. The molecule has 0 unspecified atom stereocenters. The highest BCUT2D eigenvalue weighted by Crippen LogP contribution is 2.44. The third kappa shape index (κ3) is 5.09. The minimum atomic E-state index is 0.717. The van der Waals surface area contributed by atoms with Crippen molar-refractivity contribution < 1.29 is 9.13 Å². The van der Waals surface area contributed by atoms with Gasteiger partial charge in [-0.15, -0.1) is 0 Å². The first-order valence-electron chi connectivity index (χ1n) is 10.3. The monoisotopic (exact) mass is 344 g/mol. The molecule has 0 bridgehead atoms. The molecule has 0 radical (unpaired) electrons. The molecule has 1 aromatic rings. The van der Waals surface area contributed by atoms with E-state index in [0.717, 1.165) is 42.4 Å². The molecule has 1 nitrogen and oxygen atoms in total. The van der Waals surface area contributed by atoms with Crippen molar-refractivity contribution in [2.24, 2.45) is 17.8 Å². The van der Waals surface area contributed by atoms with Crippen LogP contribution in [0.5, 0.6) is 5.75 Å². The Morgan fingerprint density at radius 1 is 0.920 bits per heavy atom. The second kappa shape index (κ2) is 9.40. The summed E-state index contributed by atoms with van der Waals surface area (Å²) in [5, 5.41) is 0. The fourth-order valence-electron chi connectivity index (χ4n) is 5.07. The second-order valence-corrected chi connectivity index (χ2v) is 7.99. The Bertz CT molecular complexity index is 520. The fourth-order valence-corrected chi connectivity index (χ4v) is 5.07. The predicted octanol–water partition coefficient (Wildman–Crippen LogP) is 7.04. The minimum absolute atomic E-state index is 0.717. The van der Waals surface area contributed by atoms with Crippen molar-refractivity contribution in [3.63, 3.8) is 0 Å². The molecule has 2 fully saturated rings. The van der Waals surface area contributed by atoms with Gasteiger partial charge in [-0.25, -0.2) is 4.39 Å². The van der Waals surface area contributed by atoms with Crippen LogP contribution < -0.4 is 4.74 Å². The molecule has 0 aromatic heterocycles. The van der Waals surface area contributed by atoms with Gasteiger partial charge >= 0.3 is 0 Å². The van der Waals surface area contributed by atoms with Gasteiger partial charge in [0.05, 0.1) is 12.9 Å². The summed E-state index contributed by atoms with van der Waals surface area (Å²) >= 11 is 0. The van der Waals surface area contributed by atoms with E-state index in [1.54, 1.807) is 6.08 Å². The summed E-state index contributed by atoms with van der Waals surface area (Å²) in [5.41, 5.74) is 1.49. The largest absolute Gasteiger partial charge is 0.494 e. The lowest BCUT2D eigenvalue weighted by molar-refractivity contribution is 0.160. The molecule has 138 valence electrons. The van der Waals surface area contributed by atoms with Gasteiger partial charge in [-0.05, 0) is 106 Å². The Hall–Kier alpha value is -1.31. The molecule has 2 aliphatic rings. The number of rotatable bonds is 6. The summed E-state index contributed by atoms with van der Waals surface area (Å²) in [6, 6.07) is 8.77. The van der Waals surface area contributed by atoms with Gasteiger partial charge in [-0.2, -0.15) is 0 Å². The van der Waals surface area contributed by atoms with Gasteiger partial charge in [-0.3, -0.25) is 0 Å². The molecule has 0 amide bonds. The van der Waals surface area contributed by atoms with Crippen LogP contribution in [0.2, 0.25) is 0 Å². The maximum absolute atomic E-state index is 12.2. The highest BCUT2D eigenvalue weighted by molar-refractivity contribution is 5.29. The first-order valence-corrected chi connectivity index (χ1v) is 10.3. The van der Waals surface area contributed by atoms with Gasteiger partial charge in [0.25, 0.3) is 0 Å². The number of halogens is 1. The maximum atomic E-state index is 12.2. The Morgan fingerprint density at radius 2 is 1.52 bits per heavy atom. The van der Waals surface area contributed by atoms with Crippen molar-refractivity contribution in [3.05, 3.63) is 42.2 Å². The molecule has 0 aliphatic heterocycles. The van der Waals surface area contributed by atoms with Gasteiger partial charge < -0.3 is 4.74 Å². The van der Waals surface area contributed by atoms with Gasteiger partial charge in [0.2, 0.25) is 0 Å². The molecule has 0 atom stereocenters. The second-order valence-electron chi connectivity index (χ2n) is 7.99. The van der Waals surface area contributed by atoms with Crippen LogP contribution in [0.15, 0.2) is 36.7 Å². The van der Waals surface area contributed by atoms with E-state index in [9.17, 15) is 4.39 Å². The van der Waals surface area contributed by atoms with Crippen LogP contribution in [-0.2, 0) is 0 Å². The first kappa shape index (κ1) is 18.5. The topological polar surface area (TPSA) is 9.23 Å².